The first-order chi connectivity index (χ1) is 13.5. The number of ether oxygens (including phenoxy) is 1. The largest absolute Gasteiger partial charge is 0.378 e. The summed E-state index contributed by atoms with van der Waals surface area (Å²) in [4.78, 5) is 27.8. The van der Waals surface area contributed by atoms with E-state index in [1.54, 1.807) is 29.2 Å². The molecular formula is C19H20ClFN4O3. The van der Waals surface area contributed by atoms with Crippen LogP contribution < -0.4 is 16.2 Å². The molecule has 3 amide bonds. The van der Waals surface area contributed by atoms with Crippen molar-refractivity contribution in [2.75, 3.05) is 31.2 Å². The molecule has 7 nitrogen and oxygen atoms in total. The average Bonchev–Trinajstić information content (AvgIpc) is 2.73. The highest BCUT2D eigenvalue weighted by atomic mass is 35.5. The topological polar surface area (TPSA) is 87.9 Å². The molecule has 0 atom stereocenters. The molecule has 28 heavy (non-hydrogen) atoms. The molecule has 3 rings (SSSR count). The summed E-state index contributed by atoms with van der Waals surface area (Å²) in [5.41, 5.74) is 2.91. The number of nitrogens with two attached hydrogens (primary N) is 1. The van der Waals surface area contributed by atoms with Crippen LogP contribution in [0, 0.1) is 5.82 Å². The lowest BCUT2D eigenvalue weighted by Crippen LogP contribution is -2.48. The molecular weight excluding hydrogens is 387 g/mol. The molecule has 3 N–H and O–H groups in total. The molecule has 1 saturated heterocycles. The van der Waals surface area contributed by atoms with Gasteiger partial charge in [0, 0.05) is 34.9 Å². The van der Waals surface area contributed by atoms with Gasteiger partial charge in [-0.3, -0.25) is 15.1 Å². The van der Waals surface area contributed by atoms with Crippen LogP contribution in [0.1, 0.15) is 15.9 Å². The Bertz CT molecular complexity index is 857. The van der Waals surface area contributed by atoms with Gasteiger partial charge in [0.25, 0.3) is 5.91 Å². The minimum atomic E-state index is -0.602. The van der Waals surface area contributed by atoms with Gasteiger partial charge in [-0.1, -0.05) is 17.7 Å². The van der Waals surface area contributed by atoms with Crippen molar-refractivity contribution < 1.29 is 18.7 Å². The van der Waals surface area contributed by atoms with Gasteiger partial charge in [-0.2, -0.15) is 0 Å². The summed E-state index contributed by atoms with van der Waals surface area (Å²) in [6.45, 7) is 1.82. The Morgan fingerprint density at radius 1 is 1.18 bits per heavy atom. The Kier molecular flexibility index (Phi) is 6.45. The summed E-state index contributed by atoms with van der Waals surface area (Å²) in [5.74, 6) is 3.89. The van der Waals surface area contributed by atoms with Gasteiger partial charge in [-0.15, -0.1) is 0 Å². The van der Waals surface area contributed by atoms with Crippen molar-refractivity contribution >= 4 is 29.2 Å². The first kappa shape index (κ1) is 20.1. The minimum absolute atomic E-state index is 0.00577. The Morgan fingerprint density at radius 3 is 2.46 bits per heavy atom. The Labute approximate surface area is 166 Å². The highest BCUT2D eigenvalue weighted by Crippen LogP contribution is 2.23. The van der Waals surface area contributed by atoms with E-state index in [-0.39, 0.29) is 23.7 Å². The van der Waals surface area contributed by atoms with Gasteiger partial charge < -0.3 is 9.64 Å². The maximum Gasteiger partial charge on any atom is 0.324 e. The number of anilines is 1. The van der Waals surface area contributed by atoms with Crippen molar-refractivity contribution in [3.63, 3.8) is 0 Å². The van der Waals surface area contributed by atoms with Crippen LogP contribution in [0.2, 0.25) is 5.02 Å². The van der Waals surface area contributed by atoms with Gasteiger partial charge in [0.1, 0.15) is 5.82 Å². The third-order valence-corrected chi connectivity index (χ3v) is 4.68. The molecule has 1 heterocycles. The molecule has 1 fully saturated rings. The Hall–Kier alpha value is -2.68. The molecule has 0 aliphatic carbocycles. The summed E-state index contributed by atoms with van der Waals surface area (Å²) >= 11 is 5.95. The van der Waals surface area contributed by atoms with E-state index >= 15 is 0 Å². The van der Waals surface area contributed by atoms with Gasteiger partial charge in [0.05, 0.1) is 19.8 Å². The molecule has 9 heteroatoms. The van der Waals surface area contributed by atoms with Crippen LogP contribution in [-0.4, -0.2) is 43.1 Å². The summed E-state index contributed by atoms with van der Waals surface area (Å²) < 4.78 is 19.9. The molecule has 2 aromatic rings. The lowest BCUT2D eigenvalue weighted by molar-refractivity contribution is 0.0548. The third-order valence-electron chi connectivity index (χ3n) is 4.43. The van der Waals surface area contributed by atoms with Gasteiger partial charge in [-0.25, -0.2) is 15.0 Å². The molecule has 0 aromatic heterocycles. The number of nitrogen functional groups attached to an aromatic ring is 1. The second-order valence-corrected chi connectivity index (χ2v) is 6.66. The van der Waals surface area contributed by atoms with Crippen molar-refractivity contribution in [2.24, 2.45) is 5.84 Å². The first-order valence-electron chi connectivity index (χ1n) is 8.68. The van der Waals surface area contributed by atoms with E-state index < -0.39 is 11.7 Å². The molecule has 0 radical (unpaired) electrons. The van der Waals surface area contributed by atoms with E-state index in [1.807, 2.05) is 5.43 Å². The molecule has 0 saturated carbocycles. The van der Waals surface area contributed by atoms with Crippen LogP contribution in [0.4, 0.5) is 14.9 Å². The molecule has 1 aliphatic rings. The van der Waals surface area contributed by atoms with E-state index in [9.17, 15) is 14.0 Å². The normalized spacial score (nSPS) is 13.9. The standard InChI is InChI=1S/C19H20ClFN4O3/c20-15-3-5-16(6-4-15)25(19(27)24-7-9-28-10-8-24)12-14-2-1-13(11-17(14)21)18(26)23-22/h1-6,11H,7-10,12,22H2,(H,23,26). The zero-order valence-corrected chi connectivity index (χ0v) is 15.8. The highest BCUT2D eigenvalue weighted by molar-refractivity contribution is 6.30. The van der Waals surface area contributed by atoms with Crippen LogP contribution in [0.5, 0.6) is 0 Å². The fourth-order valence-corrected chi connectivity index (χ4v) is 3.01. The molecule has 0 spiro atoms. The Morgan fingerprint density at radius 2 is 1.86 bits per heavy atom. The van der Waals surface area contributed by atoms with Crippen LogP contribution in [0.15, 0.2) is 42.5 Å². The first-order valence-corrected chi connectivity index (χ1v) is 9.06. The quantitative estimate of drug-likeness (QED) is 0.464. The van der Waals surface area contributed by atoms with Crippen LogP contribution in [0.3, 0.4) is 0 Å². The van der Waals surface area contributed by atoms with Crippen molar-refractivity contribution in [3.8, 4) is 0 Å². The third kappa shape index (κ3) is 4.59. The van der Waals surface area contributed by atoms with Crippen LogP contribution in [0.25, 0.3) is 0 Å². The van der Waals surface area contributed by atoms with Crippen molar-refractivity contribution in [3.05, 3.63) is 64.4 Å². The second-order valence-electron chi connectivity index (χ2n) is 6.22. The maximum absolute atomic E-state index is 14.6. The number of nitrogens with one attached hydrogen (secondary N) is 1. The van der Waals surface area contributed by atoms with E-state index in [1.165, 1.54) is 17.0 Å². The number of benzene rings is 2. The van der Waals surface area contributed by atoms with E-state index in [0.29, 0.717) is 37.0 Å². The summed E-state index contributed by atoms with van der Waals surface area (Å²) in [6.07, 6.45) is 0. The monoisotopic (exact) mass is 406 g/mol. The fraction of sp³-hybridized carbons (Fsp3) is 0.263. The number of hydrazine groups is 1. The number of hydrogen-bond donors (Lipinski definition) is 2. The zero-order valence-electron chi connectivity index (χ0n) is 15.0. The smallest absolute Gasteiger partial charge is 0.324 e. The minimum Gasteiger partial charge on any atom is -0.378 e. The number of hydrogen-bond acceptors (Lipinski definition) is 4. The zero-order chi connectivity index (χ0) is 20.1. The average molecular weight is 407 g/mol. The lowest BCUT2D eigenvalue weighted by Gasteiger charge is -2.33. The fourth-order valence-electron chi connectivity index (χ4n) is 2.89. The Balaban J connectivity index is 1.89. The number of amides is 3. The van der Waals surface area contributed by atoms with Crippen molar-refractivity contribution in [2.45, 2.75) is 6.54 Å². The van der Waals surface area contributed by atoms with E-state index in [2.05, 4.69) is 0 Å². The van der Waals surface area contributed by atoms with E-state index in [0.717, 1.165) is 6.07 Å². The predicted molar refractivity (Wildman–Crippen MR) is 103 cm³/mol. The predicted octanol–water partition coefficient (Wildman–Crippen LogP) is 2.54. The molecule has 0 bridgehead atoms. The number of nitrogens with zero attached hydrogens (tertiary/aromatic N) is 2. The molecule has 0 unspecified atom stereocenters. The van der Waals surface area contributed by atoms with Crippen LogP contribution >= 0.6 is 11.6 Å². The number of morpholine rings is 1. The number of halogens is 2. The van der Waals surface area contributed by atoms with Gasteiger partial charge in [0.2, 0.25) is 0 Å². The SMILES string of the molecule is NNC(=O)c1ccc(CN(C(=O)N2CCOCC2)c2ccc(Cl)cc2)c(F)c1. The van der Waals surface area contributed by atoms with E-state index in [4.69, 9.17) is 22.2 Å². The number of rotatable bonds is 4. The van der Waals surface area contributed by atoms with Gasteiger partial charge in [-0.05, 0) is 36.4 Å². The molecule has 2 aromatic carbocycles. The van der Waals surface area contributed by atoms with Crippen LogP contribution in [-0.2, 0) is 11.3 Å². The number of carbonyl (C=O) groups is 2. The molecule has 148 valence electrons. The molecule has 1 aliphatic heterocycles. The summed E-state index contributed by atoms with van der Waals surface area (Å²) in [7, 11) is 0. The summed E-state index contributed by atoms with van der Waals surface area (Å²) in [6, 6.07) is 10.5. The number of carbonyl (C=O) groups excluding carboxylic acids is 2. The lowest BCUT2D eigenvalue weighted by atomic mass is 10.1. The highest BCUT2D eigenvalue weighted by Gasteiger charge is 2.25. The maximum atomic E-state index is 14.6. The van der Waals surface area contributed by atoms with Crippen molar-refractivity contribution in [1.82, 2.24) is 10.3 Å². The van der Waals surface area contributed by atoms with Gasteiger partial charge in [0.15, 0.2) is 0 Å². The summed E-state index contributed by atoms with van der Waals surface area (Å²) in [5, 5.41) is 0.533. The van der Waals surface area contributed by atoms with Crippen molar-refractivity contribution in [1.29, 1.82) is 0 Å². The van der Waals surface area contributed by atoms with Gasteiger partial charge >= 0.3 is 6.03 Å². The number of urea groups is 1. The second kappa shape index (κ2) is 9.01.